The summed E-state index contributed by atoms with van der Waals surface area (Å²) in [5.41, 5.74) is 0. The van der Waals surface area contributed by atoms with Crippen LogP contribution in [0.25, 0.3) is 0 Å². The van der Waals surface area contributed by atoms with Gasteiger partial charge in [-0.2, -0.15) is 5.09 Å². The van der Waals surface area contributed by atoms with E-state index in [-0.39, 0.29) is 24.4 Å². The number of hydrogen-bond donors (Lipinski definition) is 1. The van der Waals surface area contributed by atoms with Crippen LogP contribution in [0.5, 0.6) is 5.75 Å². The predicted molar refractivity (Wildman–Crippen MR) is 103 cm³/mol. The SMILES string of the molecule is CC(C)OC(=O)[C@H](C)NP(=O)(OC[C@H]1C(=O)C2CCN1C2)Oc1ccccc1. The number of ether oxygens (including phenoxy) is 1. The number of Topliss-reactive ketones (excluding diaryl/α,β-unsaturated/α-hetero) is 1. The number of fused-ring (bicyclic) bond motifs is 2. The molecule has 0 aromatic heterocycles. The minimum atomic E-state index is -3.93. The molecule has 1 aromatic rings. The lowest BCUT2D eigenvalue weighted by Gasteiger charge is -2.27. The van der Waals surface area contributed by atoms with Gasteiger partial charge in [-0.05, 0) is 45.9 Å². The third-order valence-corrected chi connectivity index (χ3v) is 6.46. The first-order chi connectivity index (χ1) is 13.3. The molecule has 0 aliphatic carbocycles. The number of carbonyl (C=O) groups is 2. The Balaban J connectivity index is 1.69. The smallest absolute Gasteiger partial charge is 0.459 e. The predicted octanol–water partition coefficient (Wildman–Crippen LogP) is 2.39. The van der Waals surface area contributed by atoms with Gasteiger partial charge in [0.1, 0.15) is 11.8 Å². The van der Waals surface area contributed by atoms with Crippen LogP contribution in [0.4, 0.5) is 0 Å². The van der Waals surface area contributed by atoms with E-state index in [9.17, 15) is 14.2 Å². The summed E-state index contributed by atoms with van der Waals surface area (Å²) in [4.78, 5) is 26.5. The van der Waals surface area contributed by atoms with Gasteiger partial charge >= 0.3 is 13.7 Å². The van der Waals surface area contributed by atoms with Crippen molar-refractivity contribution in [3.05, 3.63) is 30.3 Å². The number of nitrogens with zero attached hydrogens (tertiary/aromatic N) is 1. The van der Waals surface area contributed by atoms with Gasteiger partial charge in [0.2, 0.25) is 0 Å². The molecule has 3 unspecified atom stereocenters. The summed E-state index contributed by atoms with van der Waals surface area (Å²) in [6.07, 6.45) is 0.565. The zero-order valence-electron chi connectivity index (χ0n) is 16.4. The Morgan fingerprint density at radius 1 is 1.29 bits per heavy atom. The Kier molecular flexibility index (Phi) is 6.55. The van der Waals surface area contributed by atoms with Crippen molar-refractivity contribution in [2.24, 2.45) is 5.92 Å². The summed E-state index contributed by atoms with van der Waals surface area (Å²) >= 11 is 0. The lowest BCUT2D eigenvalue weighted by atomic mass is 9.99. The molecular formula is C19H27N2O6P. The van der Waals surface area contributed by atoms with E-state index in [2.05, 4.69) is 5.09 Å². The van der Waals surface area contributed by atoms with Gasteiger partial charge in [0.05, 0.1) is 18.8 Å². The number of hydrogen-bond acceptors (Lipinski definition) is 7. The third-order valence-electron chi connectivity index (χ3n) is 4.82. The van der Waals surface area contributed by atoms with Crippen LogP contribution in [0.1, 0.15) is 27.2 Å². The van der Waals surface area contributed by atoms with Gasteiger partial charge in [-0.3, -0.25) is 19.0 Å². The molecule has 154 valence electrons. The maximum Gasteiger partial charge on any atom is 0.459 e. The van der Waals surface area contributed by atoms with Crippen LogP contribution >= 0.6 is 7.75 Å². The zero-order valence-corrected chi connectivity index (χ0v) is 17.3. The molecule has 1 aromatic carbocycles. The van der Waals surface area contributed by atoms with Gasteiger partial charge < -0.3 is 9.26 Å². The molecule has 28 heavy (non-hydrogen) atoms. The standard InChI is InChI=1S/C19H27N2O6P/c1-13(2)26-19(23)14(3)20-28(24,27-16-7-5-4-6-8-16)25-12-17-18(22)15-9-10-21(17)11-15/h4-8,13-15,17H,9-12H2,1-3H3,(H,20,24)/t14-,15?,17-,28?/m0/s1. The summed E-state index contributed by atoms with van der Waals surface area (Å²) in [6.45, 7) is 6.49. The topological polar surface area (TPSA) is 94.2 Å². The molecule has 2 bridgehead atoms. The first-order valence-corrected chi connectivity index (χ1v) is 11.1. The Morgan fingerprint density at radius 2 is 2.00 bits per heavy atom. The molecule has 0 spiro atoms. The molecule has 2 heterocycles. The van der Waals surface area contributed by atoms with Gasteiger partial charge in [-0.25, -0.2) is 4.57 Å². The number of rotatable bonds is 9. The number of ketones is 1. The van der Waals surface area contributed by atoms with E-state index in [1.807, 2.05) is 4.90 Å². The first-order valence-electron chi connectivity index (χ1n) is 9.53. The average Bonchev–Trinajstić information content (AvgIpc) is 3.22. The molecule has 5 atom stereocenters. The quantitative estimate of drug-likeness (QED) is 0.490. The van der Waals surface area contributed by atoms with E-state index >= 15 is 0 Å². The number of esters is 1. The van der Waals surface area contributed by atoms with E-state index in [1.165, 1.54) is 6.92 Å². The van der Waals surface area contributed by atoms with Crippen molar-refractivity contribution < 1.29 is 27.9 Å². The monoisotopic (exact) mass is 410 g/mol. The number of benzene rings is 1. The van der Waals surface area contributed by atoms with Gasteiger partial charge in [-0.15, -0.1) is 0 Å². The second-order valence-corrected chi connectivity index (χ2v) is 9.13. The van der Waals surface area contributed by atoms with E-state index < -0.39 is 25.8 Å². The number of piperidine rings is 1. The highest BCUT2D eigenvalue weighted by Crippen LogP contribution is 2.46. The van der Waals surface area contributed by atoms with Crippen molar-refractivity contribution in [1.29, 1.82) is 0 Å². The molecule has 8 nitrogen and oxygen atoms in total. The van der Waals surface area contributed by atoms with E-state index in [4.69, 9.17) is 13.8 Å². The second-order valence-electron chi connectivity index (χ2n) is 7.43. The largest absolute Gasteiger partial charge is 0.462 e. The van der Waals surface area contributed by atoms with Gasteiger partial charge in [-0.1, -0.05) is 18.2 Å². The van der Waals surface area contributed by atoms with E-state index in [0.29, 0.717) is 5.75 Å². The highest BCUT2D eigenvalue weighted by atomic mass is 31.2. The first kappa shape index (κ1) is 21.0. The van der Waals surface area contributed by atoms with Crippen LogP contribution in [0, 0.1) is 5.92 Å². The van der Waals surface area contributed by atoms with Crippen molar-refractivity contribution in [3.63, 3.8) is 0 Å². The lowest BCUT2D eigenvalue weighted by Crippen LogP contribution is -2.41. The lowest BCUT2D eigenvalue weighted by molar-refractivity contribution is -0.149. The molecule has 1 N–H and O–H groups in total. The van der Waals surface area contributed by atoms with Crippen LogP contribution in [-0.2, 0) is 23.4 Å². The minimum Gasteiger partial charge on any atom is -0.462 e. The van der Waals surface area contributed by atoms with Gasteiger partial charge in [0.15, 0.2) is 5.78 Å². The molecule has 9 heteroatoms. The van der Waals surface area contributed by atoms with Crippen molar-refractivity contribution >= 4 is 19.5 Å². The second kappa shape index (κ2) is 8.74. The third kappa shape index (κ3) is 5.00. The summed E-state index contributed by atoms with van der Waals surface area (Å²) in [5.74, 6) is -0.0710. The molecule has 0 saturated carbocycles. The number of nitrogens with one attached hydrogen (secondary N) is 1. The fourth-order valence-electron chi connectivity index (χ4n) is 3.45. The van der Waals surface area contributed by atoms with Gasteiger partial charge in [0.25, 0.3) is 0 Å². The molecule has 0 radical (unpaired) electrons. The highest BCUT2D eigenvalue weighted by Gasteiger charge is 2.46. The van der Waals surface area contributed by atoms with Crippen molar-refractivity contribution in [1.82, 2.24) is 9.99 Å². The van der Waals surface area contributed by atoms with E-state index in [1.54, 1.807) is 44.2 Å². The Labute approximate surface area is 165 Å². The minimum absolute atomic E-state index is 0.0379. The van der Waals surface area contributed by atoms with Crippen LogP contribution in [-0.4, -0.2) is 54.5 Å². The molecule has 3 rings (SSSR count). The maximum atomic E-state index is 13.4. The van der Waals surface area contributed by atoms with Crippen molar-refractivity contribution in [2.75, 3.05) is 19.7 Å². The fraction of sp³-hybridized carbons (Fsp3) is 0.579. The molecule has 0 amide bonds. The summed E-state index contributed by atoms with van der Waals surface area (Å²) in [5, 5.41) is 2.64. The Morgan fingerprint density at radius 3 is 2.61 bits per heavy atom. The van der Waals surface area contributed by atoms with Gasteiger partial charge in [0, 0.05) is 12.5 Å². The maximum absolute atomic E-state index is 13.4. The normalized spacial score (nSPS) is 26.9. The molecule has 2 aliphatic heterocycles. The fourth-order valence-corrected chi connectivity index (χ4v) is 4.94. The summed E-state index contributed by atoms with van der Waals surface area (Å²) in [6, 6.07) is 7.22. The van der Waals surface area contributed by atoms with E-state index in [0.717, 1.165) is 19.5 Å². The van der Waals surface area contributed by atoms with Crippen LogP contribution in [0.2, 0.25) is 0 Å². The number of para-hydroxylation sites is 1. The van der Waals surface area contributed by atoms with Crippen molar-refractivity contribution in [3.8, 4) is 5.75 Å². The van der Waals surface area contributed by atoms with Crippen LogP contribution in [0.3, 0.4) is 0 Å². The Bertz CT molecular complexity index is 756. The van der Waals surface area contributed by atoms with Crippen LogP contribution in [0.15, 0.2) is 30.3 Å². The molecule has 2 saturated heterocycles. The zero-order chi connectivity index (χ0) is 20.3. The van der Waals surface area contributed by atoms with Crippen LogP contribution < -0.4 is 9.61 Å². The number of carbonyl (C=O) groups excluding carboxylic acids is 2. The molecule has 2 aliphatic rings. The summed E-state index contributed by atoms with van der Waals surface area (Å²) in [7, 11) is -3.93. The Hall–Kier alpha value is -1.73. The summed E-state index contributed by atoms with van der Waals surface area (Å²) < 4.78 is 29.7. The van der Waals surface area contributed by atoms with Crippen molar-refractivity contribution in [2.45, 2.75) is 45.4 Å². The average molecular weight is 410 g/mol. The molecular weight excluding hydrogens is 383 g/mol. The molecule has 2 fully saturated rings. The highest BCUT2D eigenvalue weighted by molar-refractivity contribution is 7.52.